The molecular formula is C15H13F3N6O. The Balaban J connectivity index is 1.54. The number of carbonyl (C=O) groups is 1. The minimum atomic E-state index is -4.57. The molecule has 0 saturated carbocycles. The van der Waals surface area contributed by atoms with Crippen molar-refractivity contribution < 1.29 is 18.0 Å². The zero-order valence-electron chi connectivity index (χ0n) is 12.8. The molecule has 0 saturated heterocycles. The second-order valence-corrected chi connectivity index (χ2v) is 5.15. The van der Waals surface area contributed by atoms with Crippen LogP contribution in [0.5, 0.6) is 0 Å². The number of nitrogens with one attached hydrogen (secondary N) is 2. The minimum absolute atomic E-state index is 0.171. The van der Waals surface area contributed by atoms with Crippen molar-refractivity contribution in [3.05, 3.63) is 54.0 Å². The van der Waals surface area contributed by atoms with Gasteiger partial charge in [-0.3, -0.25) is 14.6 Å². The fourth-order valence-corrected chi connectivity index (χ4v) is 2.11. The average Bonchev–Trinajstić information content (AvgIpc) is 3.25. The van der Waals surface area contributed by atoms with Crippen LogP contribution in [0.15, 0.2) is 42.6 Å². The number of aromatic nitrogens is 5. The number of aromatic amines is 1. The summed E-state index contributed by atoms with van der Waals surface area (Å²) in [5.41, 5.74) is 0.209. The molecule has 3 rings (SSSR count). The van der Waals surface area contributed by atoms with Gasteiger partial charge in [0.15, 0.2) is 5.69 Å². The van der Waals surface area contributed by atoms with Gasteiger partial charge in [0.05, 0.1) is 12.7 Å². The van der Waals surface area contributed by atoms with E-state index in [9.17, 15) is 18.0 Å². The molecule has 0 atom stereocenters. The van der Waals surface area contributed by atoms with Crippen LogP contribution in [-0.4, -0.2) is 37.6 Å². The van der Waals surface area contributed by atoms with Crippen molar-refractivity contribution in [3.8, 4) is 11.3 Å². The molecular weight excluding hydrogens is 337 g/mol. The highest BCUT2D eigenvalue weighted by Gasteiger charge is 2.33. The molecule has 0 radical (unpaired) electrons. The Morgan fingerprint density at radius 2 is 2.00 bits per heavy atom. The molecule has 0 bridgehead atoms. The molecule has 0 unspecified atom stereocenters. The van der Waals surface area contributed by atoms with E-state index >= 15 is 0 Å². The Hall–Kier alpha value is -3.17. The topological polar surface area (TPSA) is 88.5 Å². The molecule has 3 aromatic rings. The second-order valence-electron chi connectivity index (χ2n) is 5.15. The lowest BCUT2D eigenvalue weighted by atomic mass is 10.2. The van der Waals surface area contributed by atoms with Crippen LogP contribution in [0, 0.1) is 0 Å². The number of alkyl halides is 3. The SMILES string of the molecule is O=C(NCCn1cc(-c2ccccc2)nn1)c1cc(C(F)(F)F)[nH]n1. The van der Waals surface area contributed by atoms with Crippen molar-refractivity contribution in [2.45, 2.75) is 12.7 Å². The summed E-state index contributed by atoms with van der Waals surface area (Å²) in [6, 6.07) is 10.1. The molecule has 1 aromatic carbocycles. The third-order valence-corrected chi connectivity index (χ3v) is 3.35. The largest absolute Gasteiger partial charge is 0.432 e. The maximum absolute atomic E-state index is 12.5. The first-order valence-corrected chi connectivity index (χ1v) is 7.30. The number of carbonyl (C=O) groups excluding carboxylic acids is 1. The van der Waals surface area contributed by atoms with E-state index in [4.69, 9.17) is 0 Å². The summed E-state index contributed by atoms with van der Waals surface area (Å²) in [7, 11) is 0. The van der Waals surface area contributed by atoms with Gasteiger partial charge >= 0.3 is 6.18 Å². The van der Waals surface area contributed by atoms with Crippen molar-refractivity contribution in [1.82, 2.24) is 30.5 Å². The molecule has 0 aliphatic rings. The van der Waals surface area contributed by atoms with E-state index < -0.39 is 17.8 Å². The Bertz CT molecular complexity index is 856. The fraction of sp³-hybridized carbons (Fsp3) is 0.200. The maximum atomic E-state index is 12.5. The van der Waals surface area contributed by atoms with Crippen molar-refractivity contribution in [1.29, 1.82) is 0 Å². The Labute approximate surface area is 139 Å². The van der Waals surface area contributed by atoms with E-state index in [0.717, 1.165) is 5.56 Å². The number of rotatable bonds is 5. The quantitative estimate of drug-likeness (QED) is 0.738. The van der Waals surface area contributed by atoms with Gasteiger partial charge in [0.1, 0.15) is 11.4 Å². The monoisotopic (exact) mass is 350 g/mol. The summed E-state index contributed by atoms with van der Waals surface area (Å²) in [6.07, 6.45) is -2.85. The lowest BCUT2D eigenvalue weighted by Gasteiger charge is -2.02. The lowest BCUT2D eigenvalue weighted by molar-refractivity contribution is -0.141. The highest BCUT2D eigenvalue weighted by molar-refractivity contribution is 5.92. The number of H-pyrrole nitrogens is 1. The van der Waals surface area contributed by atoms with E-state index in [0.29, 0.717) is 18.3 Å². The van der Waals surface area contributed by atoms with Crippen LogP contribution in [0.25, 0.3) is 11.3 Å². The van der Waals surface area contributed by atoms with Gasteiger partial charge in [-0.25, -0.2) is 0 Å². The van der Waals surface area contributed by atoms with Gasteiger partial charge in [0.25, 0.3) is 5.91 Å². The molecule has 1 amide bonds. The van der Waals surface area contributed by atoms with E-state index in [1.54, 1.807) is 11.3 Å². The summed E-state index contributed by atoms with van der Waals surface area (Å²) in [4.78, 5) is 11.8. The molecule has 25 heavy (non-hydrogen) atoms. The standard InChI is InChI=1S/C15H13F3N6O/c16-15(17,18)13-8-11(20-22-13)14(25)19-6-7-24-9-12(21-23-24)10-4-2-1-3-5-10/h1-5,8-9H,6-7H2,(H,19,25)(H,20,22). The van der Waals surface area contributed by atoms with Crippen LogP contribution in [-0.2, 0) is 12.7 Å². The van der Waals surface area contributed by atoms with Gasteiger partial charge in [-0.1, -0.05) is 35.5 Å². The first kappa shape index (κ1) is 16.7. The van der Waals surface area contributed by atoms with Crippen molar-refractivity contribution in [2.75, 3.05) is 6.54 Å². The van der Waals surface area contributed by atoms with Crippen LogP contribution in [0.3, 0.4) is 0 Å². The predicted octanol–water partition coefficient (Wildman–Crippen LogP) is 2.12. The average molecular weight is 350 g/mol. The number of benzene rings is 1. The van der Waals surface area contributed by atoms with E-state index in [1.165, 1.54) is 4.68 Å². The molecule has 0 spiro atoms. The van der Waals surface area contributed by atoms with Gasteiger partial charge < -0.3 is 5.32 Å². The Kier molecular flexibility index (Phi) is 4.50. The summed E-state index contributed by atoms with van der Waals surface area (Å²) in [5.74, 6) is -0.699. The highest BCUT2D eigenvalue weighted by atomic mass is 19.4. The number of amides is 1. The minimum Gasteiger partial charge on any atom is -0.349 e. The number of hydrogen-bond donors (Lipinski definition) is 2. The zero-order chi connectivity index (χ0) is 17.9. The molecule has 10 heteroatoms. The normalized spacial score (nSPS) is 11.5. The van der Waals surface area contributed by atoms with Gasteiger partial charge in [-0.15, -0.1) is 5.10 Å². The molecule has 7 nitrogen and oxygen atoms in total. The smallest absolute Gasteiger partial charge is 0.349 e. The summed E-state index contributed by atoms with van der Waals surface area (Å²) in [5, 5.41) is 15.6. The van der Waals surface area contributed by atoms with Gasteiger partial charge in [0.2, 0.25) is 0 Å². The summed E-state index contributed by atoms with van der Waals surface area (Å²) in [6.45, 7) is 0.493. The first-order chi connectivity index (χ1) is 11.9. The van der Waals surface area contributed by atoms with Crippen LogP contribution >= 0.6 is 0 Å². The molecule has 2 heterocycles. The maximum Gasteiger partial charge on any atom is 0.432 e. The summed E-state index contributed by atoms with van der Waals surface area (Å²) < 4.78 is 38.9. The van der Waals surface area contributed by atoms with Crippen LogP contribution < -0.4 is 5.32 Å². The van der Waals surface area contributed by atoms with E-state index in [2.05, 4.69) is 20.7 Å². The fourth-order valence-electron chi connectivity index (χ4n) is 2.11. The number of hydrogen-bond acceptors (Lipinski definition) is 4. The third kappa shape index (κ3) is 4.03. The first-order valence-electron chi connectivity index (χ1n) is 7.30. The van der Waals surface area contributed by atoms with Crippen molar-refractivity contribution in [2.24, 2.45) is 0 Å². The van der Waals surface area contributed by atoms with E-state index in [-0.39, 0.29) is 12.2 Å². The zero-order valence-corrected chi connectivity index (χ0v) is 12.8. The van der Waals surface area contributed by atoms with Crippen LogP contribution in [0.4, 0.5) is 13.2 Å². The Morgan fingerprint density at radius 3 is 2.68 bits per heavy atom. The van der Waals surface area contributed by atoms with Crippen LogP contribution in [0.1, 0.15) is 16.2 Å². The molecule has 0 fully saturated rings. The van der Waals surface area contributed by atoms with E-state index in [1.807, 2.05) is 30.3 Å². The van der Waals surface area contributed by atoms with Gasteiger partial charge in [0, 0.05) is 18.2 Å². The van der Waals surface area contributed by atoms with Gasteiger partial charge in [-0.2, -0.15) is 18.3 Å². The highest BCUT2D eigenvalue weighted by Crippen LogP contribution is 2.27. The lowest BCUT2D eigenvalue weighted by Crippen LogP contribution is -2.27. The van der Waals surface area contributed by atoms with Crippen LogP contribution in [0.2, 0.25) is 0 Å². The second kappa shape index (κ2) is 6.75. The van der Waals surface area contributed by atoms with Gasteiger partial charge in [-0.05, 0) is 0 Å². The molecule has 2 N–H and O–H groups in total. The summed E-state index contributed by atoms with van der Waals surface area (Å²) >= 11 is 0. The van der Waals surface area contributed by atoms with Crippen molar-refractivity contribution >= 4 is 5.91 Å². The van der Waals surface area contributed by atoms with Crippen molar-refractivity contribution in [3.63, 3.8) is 0 Å². The molecule has 0 aliphatic heterocycles. The molecule has 130 valence electrons. The third-order valence-electron chi connectivity index (χ3n) is 3.35. The number of nitrogens with zero attached hydrogens (tertiary/aromatic N) is 4. The number of halogens is 3. The Morgan fingerprint density at radius 1 is 1.24 bits per heavy atom. The molecule has 2 aromatic heterocycles. The molecule has 0 aliphatic carbocycles. The predicted molar refractivity (Wildman–Crippen MR) is 81.4 cm³/mol.